The molecule has 0 amide bonds. The van der Waals surface area contributed by atoms with Crippen molar-refractivity contribution in [1.82, 2.24) is 0 Å². The minimum atomic E-state index is -0.214. The molecule has 0 radical (unpaired) electrons. The zero-order valence-corrected chi connectivity index (χ0v) is 9.95. The van der Waals surface area contributed by atoms with E-state index in [2.05, 4.69) is 0 Å². The van der Waals surface area contributed by atoms with Gasteiger partial charge < -0.3 is 10.5 Å². The summed E-state index contributed by atoms with van der Waals surface area (Å²) in [6, 6.07) is 6.49. The summed E-state index contributed by atoms with van der Waals surface area (Å²) in [4.78, 5) is 0. The molecule has 1 aromatic rings. The van der Waals surface area contributed by atoms with Crippen molar-refractivity contribution in [2.75, 3.05) is 6.61 Å². The van der Waals surface area contributed by atoms with E-state index < -0.39 is 0 Å². The first-order valence-electron chi connectivity index (χ1n) is 5.79. The van der Waals surface area contributed by atoms with Crippen LogP contribution in [0.2, 0.25) is 0 Å². The monoisotopic (exact) mass is 225 g/mol. The van der Waals surface area contributed by atoms with Crippen molar-refractivity contribution < 1.29 is 9.13 Å². The summed E-state index contributed by atoms with van der Waals surface area (Å²) >= 11 is 0. The van der Waals surface area contributed by atoms with E-state index in [4.69, 9.17) is 10.5 Å². The Morgan fingerprint density at radius 1 is 1.38 bits per heavy atom. The number of nitrogens with two attached hydrogens (primary N) is 1. The molecule has 0 aliphatic heterocycles. The molecular formula is C13H20FNO. The molecule has 0 heterocycles. The fourth-order valence-corrected chi connectivity index (χ4v) is 1.83. The Labute approximate surface area is 96.6 Å². The summed E-state index contributed by atoms with van der Waals surface area (Å²) in [7, 11) is 0. The summed E-state index contributed by atoms with van der Waals surface area (Å²) in [5, 5.41) is 0. The summed E-state index contributed by atoms with van der Waals surface area (Å²) in [5.74, 6) is -0.214. The highest BCUT2D eigenvalue weighted by molar-refractivity contribution is 5.17. The van der Waals surface area contributed by atoms with Gasteiger partial charge in [0.05, 0.1) is 6.10 Å². The lowest BCUT2D eigenvalue weighted by Crippen LogP contribution is -2.38. The van der Waals surface area contributed by atoms with Crippen LogP contribution in [0.15, 0.2) is 24.3 Å². The second-order valence-electron chi connectivity index (χ2n) is 3.90. The van der Waals surface area contributed by atoms with Crippen LogP contribution in [0, 0.1) is 5.82 Å². The first-order chi connectivity index (χ1) is 7.67. The van der Waals surface area contributed by atoms with Gasteiger partial charge in [-0.1, -0.05) is 19.1 Å². The van der Waals surface area contributed by atoms with E-state index in [1.807, 2.05) is 19.9 Å². The molecule has 1 aromatic carbocycles. The molecule has 0 aromatic heterocycles. The Morgan fingerprint density at radius 3 is 2.69 bits per heavy atom. The van der Waals surface area contributed by atoms with Gasteiger partial charge in [-0.25, -0.2) is 4.39 Å². The highest BCUT2D eigenvalue weighted by Gasteiger charge is 2.16. The minimum absolute atomic E-state index is 0.0493. The molecule has 0 spiro atoms. The van der Waals surface area contributed by atoms with Crippen LogP contribution in [0.5, 0.6) is 0 Å². The molecular weight excluding hydrogens is 205 g/mol. The lowest BCUT2D eigenvalue weighted by molar-refractivity contribution is 0.0417. The number of hydrogen-bond acceptors (Lipinski definition) is 2. The molecule has 90 valence electrons. The van der Waals surface area contributed by atoms with Gasteiger partial charge in [0.1, 0.15) is 5.82 Å². The molecule has 0 bridgehead atoms. The highest BCUT2D eigenvalue weighted by atomic mass is 19.1. The normalized spacial score (nSPS) is 14.8. The molecule has 2 nitrogen and oxygen atoms in total. The van der Waals surface area contributed by atoms with Crippen molar-refractivity contribution in [2.45, 2.75) is 38.8 Å². The van der Waals surface area contributed by atoms with Crippen molar-refractivity contribution in [1.29, 1.82) is 0 Å². The number of ether oxygens (including phenoxy) is 1. The van der Waals surface area contributed by atoms with E-state index in [1.165, 1.54) is 12.1 Å². The van der Waals surface area contributed by atoms with E-state index in [0.717, 1.165) is 12.0 Å². The molecule has 0 aliphatic rings. The van der Waals surface area contributed by atoms with Gasteiger partial charge in [-0.2, -0.15) is 0 Å². The van der Waals surface area contributed by atoms with Crippen LogP contribution in [0.1, 0.15) is 25.8 Å². The minimum Gasteiger partial charge on any atom is -0.377 e. The summed E-state index contributed by atoms with van der Waals surface area (Å²) in [6.45, 7) is 4.67. The molecule has 0 fully saturated rings. The molecule has 0 aliphatic carbocycles. The van der Waals surface area contributed by atoms with Crippen molar-refractivity contribution in [3.63, 3.8) is 0 Å². The number of halogens is 1. The quantitative estimate of drug-likeness (QED) is 0.807. The smallest absolute Gasteiger partial charge is 0.123 e. The van der Waals surface area contributed by atoms with Gasteiger partial charge >= 0.3 is 0 Å². The Hall–Kier alpha value is -0.930. The van der Waals surface area contributed by atoms with Gasteiger partial charge in [0.15, 0.2) is 0 Å². The van der Waals surface area contributed by atoms with Crippen molar-refractivity contribution >= 4 is 0 Å². The third-order valence-electron chi connectivity index (χ3n) is 2.62. The van der Waals surface area contributed by atoms with Crippen LogP contribution in [0.3, 0.4) is 0 Å². The molecule has 2 unspecified atom stereocenters. The number of rotatable bonds is 6. The van der Waals surface area contributed by atoms with Crippen molar-refractivity contribution in [3.05, 3.63) is 35.6 Å². The van der Waals surface area contributed by atoms with Gasteiger partial charge in [0, 0.05) is 12.6 Å². The average Bonchev–Trinajstić information content (AvgIpc) is 2.25. The van der Waals surface area contributed by atoms with Crippen LogP contribution >= 0.6 is 0 Å². The van der Waals surface area contributed by atoms with Gasteiger partial charge in [-0.05, 0) is 37.5 Å². The summed E-state index contributed by atoms with van der Waals surface area (Å²) < 4.78 is 18.5. The van der Waals surface area contributed by atoms with Gasteiger partial charge in [-0.3, -0.25) is 0 Å². The van der Waals surface area contributed by atoms with Crippen LogP contribution in [-0.4, -0.2) is 18.8 Å². The Bertz CT molecular complexity index is 317. The second-order valence-corrected chi connectivity index (χ2v) is 3.90. The summed E-state index contributed by atoms with van der Waals surface area (Å²) in [6.07, 6.45) is 1.58. The van der Waals surface area contributed by atoms with E-state index in [1.54, 1.807) is 6.07 Å². The van der Waals surface area contributed by atoms with Crippen LogP contribution < -0.4 is 5.73 Å². The van der Waals surface area contributed by atoms with E-state index in [9.17, 15) is 4.39 Å². The van der Waals surface area contributed by atoms with Gasteiger partial charge in [-0.15, -0.1) is 0 Å². The Morgan fingerprint density at radius 2 is 2.12 bits per heavy atom. The third-order valence-corrected chi connectivity index (χ3v) is 2.62. The molecule has 16 heavy (non-hydrogen) atoms. The van der Waals surface area contributed by atoms with Gasteiger partial charge in [0.25, 0.3) is 0 Å². The van der Waals surface area contributed by atoms with E-state index in [0.29, 0.717) is 13.0 Å². The Kier molecular flexibility index (Phi) is 5.43. The maximum absolute atomic E-state index is 13.0. The molecule has 0 saturated carbocycles. The van der Waals surface area contributed by atoms with E-state index in [-0.39, 0.29) is 18.0 Å². The third kappa shape index (κ3) is 3.91. The fraction of sp³-hybridized carbons (Fsp3) is 0.538. The average molecular weight is 225 g/mol. The van der Waals surface area contributed by atoms with Gasteiger partial charge in [0.2, 0.25) is 0 Å². The predicted octanol–water partition coefficient (Wildman–Crippen LogP) is 2.51. The first kappa shape index (κ1) is 13.1. The highest BCUT2D eigenvalue weighted by Crippen LogP contribution is 2.11. The lowest BCUT2D eigenvalue weighted by atomic mass is 10.0. The van der Waals surface area contributed by atoms with Crippen LogP contribution in [0.25, 0.3) is 0 Å². The number of benzene rings is 1. The fourth-order valence-electron chi connectivity index (χ4n) is 1.83. The van der Waals surface area contributed by atoms with Crippen molar-refractivity contribution in [3.8, 4) is 0 Å². The van der Waals surface area contributed by atoms with Crippen LogP contribution in [-0.2, 0) is 11.2 Å². The zero-order chi connectivity index (χ0) is 12.0. The number of hydrogen-bond donors (Lipinski definition) is 1. The molecule has 2 atom stereocenters. The standard InChI is InChI=1S/C13H20FNO/c1-3-13(16-4-2)12(15)9-10-6-5-7-11(14)8-10/h5-8,12-13H,3-4,9,15H2,1-2H3. The molecule has 3 heteroatoms. The molecule has 2 N–H and O–H groups in total. The predicted molar refractivity (Wildman–Crippen MR) is 63.8 cm³/mol. The topological polar surface area (TPSA) is 35.2 Å². The second kappa shape index (κ2) is 6.61. The maximum Gasteiger partial charge on any atom is 0.123 e. The SMILES string of the molecule is CCOC(CC)C(N)Cc1cccc(F)c1. The molecule has 0 saturated heterocycles. The lowest BCUT2D eigenvalue weighted by Gasteiger charge is -2.22. The molecule has 1 rings (SSSR count). The maximum atomic E-state index is 13.0. The first-order valence-corrected chi connectivity index (χ1v) is 5.79. The zero-order valence-electron chi connectivity index (χ0n) is 9.95. The summed E-state index contributed by atoms with van der Waals surface area (Å²) in [5.41, 5.74) is 6.97. The van der Waals surface area contributed by atoms with Crippen LogP contribution in [0.4, 0.5) is 4.39 Å². The Balaban J connectivity index is 2.58. The van der Waals surface area contributed by atoms with E-state index >= 15 is 0 Å². The van der Waals surface area contributed by atoms with Crippen molar-refractivity contribution in [2.24, 2.45) is 5.73 Å². The largest absolute Gasteiger partial charge is 0.377 e.